The van der Waals surface area contributed by atoms with Crippen molar-refractivity contribution in [3.8, 4) is 5.75 Å². The van der Waals surface area contributed by atoms with E-state index in [2.05, 4.69) is 6.92 Å². The summed E-state index contributed by atoms with van der Waals surface area (Å²) in [5.74, 6) is -0.807. The van der Waals surface area contributed by atoms with E-state index in [9.17, 15) is 14.7 Å². The quantitative estimate of drug-likeness (QED) is 0.325. The molecule has 0 radical (unpaired) electrons. The van der Waals surface area contributed by atoms with Crippen LogP contribution in [0.25, 0.3) is 0 Å². The second-order valence-corrected chi connectivity index (χ2v) is 6.57. The number of rotatable bonds is 10. The maximum atomic E-state index is 11.6. The van der Waals surface area contributed by atoms with Crippen LogP contribution in [0.5, 0.6) is 5.75 Å². The number of unbranched alkanes of at least 4 members (excludes halogenated alkanes) is 3. The highest BCUT2D eigenvalue weighted by Gasteiger charge is 2.14. The molecule has 0 spiro atoms. The Hall–Kier alpha value is -2.86. The van der Waals surface area contributed by atoms with Gasteiger partial charge in [0.1, 0.15) is 11.3 Å². The molecule has 0 bridgehead atoms. The van der Waals surface area contributed by atoms with Crippen LogP contribution in [0.4, 0.5) is 0 Å². The van der Waals surface area contributed by atoms with Gasteiger partial charge in [0.05, 0.1) is 12.2 Å². The molecule has 0 fully saturated rings. The predicted octanol–water partition coefficient (Wildman–Crippen LogP) is 5.23. The minimum Gasteiger partial charge on any atom is -0.507 e. The van der Waals surface area contributed by atoms with E-state index in [1.807, 2.05) is 32.0 Å². The van der Waals surface area contributed by atoms with Crippen molar-refractivity contribution in [1.82, 2.24) is 5.06 Å². The summed E-state index contributed by atoms with van der Waals surface area (Å²) in [5.41, 5.74) is 0.817. The van der Waals surface area contributed by atoms with Crippen LogP contribution >= 0.6 is 0 Å². The minimum absolute atomic E-state index is 0.0605. The lowest BCUT2D eigenvalue weighted by atomic mass is 10.2. The molecule has 2 rings (SSSR count). The molecule has 2 aromatic carbocycles. The first kappa shape index (κ1) is 25.2. The molecule has 2 aromatic rings. The maximum absolute atomic E-state index is 11.6. The summed E-state index contributed by atoms with van der Waals surface area (Å²) in [6.45, 7) is 7.72. The van der Waals surface area contributed by atoms with Gasteiger partial charge in [-0.2, -0.15) is 0 Å². The van der Waals surface area contributed by atoms with Gasteiger partial charge in [-0.3, -0.25) is 0 Å². The number of phenolic OH excluding ortho intramolecular Hbond substituents is 1. The fourth-order valence-electron chi connectivity index (χ4n) is 2.52. The Morgan fingerprint density at radius 1 is 0.833 bits per heavy atom. The normalized spacial score (nSPS) is 10.1. The number of hydroxylamine groups is 2. The van der Waals surface area contributed by atoms with Crippen molar-refractivity contribution in [1.29, 1.82) is 0 Å². The first-order valence-corrected chi connectivity index (χ1v) is 10.5. The fraction of sp³-hybridized carbons (Fsp3) is 0.417. The first-order valence-electron chi connectivity index (χ1n) is 10.5. The number of aromatic hydroxyl groups is 1. The topological polar surface area (TPSA) is 76.1 Å². The molecule has 0 heterocycles. The standard InChI is InChI=1S/C13H18O2.C11H15NO3/c1-2-3-4-8-11-15-13(14)12-9-6-5-7-10-12;1-3-12(4-2)15-11(14)9-7-5-6-8-10(9)13/h5-7,9-10H,2-4,8,11H2,1H3;5-8,13H,3-4H2,1-2H3. The van der Waals surface area contributed by atoms with Gasteiger partial charge in [-0.1, -0.05) is 56.5 Å². The third kappa shape index (κ3) is 9.56. The number of hydrogen-bond acceptors (Lipinski definition) is 6. The van der Waals surface area contributed by atoms with Crippen molar-refractivity contribution in [2.75, 3.05) is 19.7 Å². The van der Waals surface area contributed by atoms with Crippen LogP contribution in [-0.2, 0) is 9.57 Å². The van der Waals surface area contributed by atoms with Crippen molar-refractivity contribution in [2.24, 2.45) is 0 Å². The zero-order chi connectivity index (χ0) is 22.2. The molecule has 6 heteroatoms. The average Bonchev–Trinajstić information content (AvgIpc) is 2.78. The van der Waals surface area contributed by atoms with Gasteiger partial charge in [-0.25, -0.2) is 9.59 Å². The lowest BCUT2D eigenvalue weighted by Gasteiger charge is -2.17. The monoisotopic (exact) mass is 415 g/mol. The van der Waals surface area contributed by atoms with Crippen LogP contribution in [0.3, 0.4) is 0 Å². The Labute approximate surface area is 179 Å². The summed E-state index contributed by atoms with van der Waals surface area (Å²) in [6.07, 6.45) is 4.51. The van der Waals surface area contributed by atoms with Gasteiger partial charge in [0.15, 0.2) is 0 Å². The molecule has 6 nitrogen and oxygen atoms in total. The molecule has 0 atom stereocenters. The molecule has 0 aromatic heterocycles. The van der Waals surface area contributed by atoms with Crippen molar-refractivity contribution >= 4 is 11.9 Å². The molecule has 0 aliphatic rings. The van der Waals surface area contributed by atoms with Crippen molar-refractivity contribution in [3.63, 3.8) is 0 Å². The highest BCUT2D eigenvalue weighted by molar-refractivity contribution is 5.92. The average molecular weight is 416 g/mol. The Bertz CT molecular complexity index is 744. The Morgan fingerprint density at radius 2 is 1.47 bits per heavy atom. The van der Waals surface area contributed by atoms with Crippen LogP contribution in [0.2, 0.25) is 0 Å². The largest absolute Gasteiger partial charge is 0.507 e. The molecule has 0 unspecified atom stereocenters. The SMILES string of the molecule is CCCCCCOC(=O)c1ccccc1.CCN(CC)OC(=O)c1ccccc1O. The zero-order valence-electron chi connectivity index (χ0n) is 18.2. The van der Waals surface area contributed by atoms with Gasteiger partial charge in [0.2, 0.25) is 0 Å². The van der Waals surface area contributed by atoms with Crippen molar-refractivity contribution < 1.29 is 24.3 Å². The molecule has 164 valence electrons. The van der Waals surface area contributed by atoms with Crippen LogP contribution in [0.1, 0.15) is 67.2 Å². The Morgan fingerprint density at radius 3 is 2.07 bits per heavy atom. The van der Waals surface area contributed by atoms with Crippen molar-refractivity contribution in [3.05, 3.63) is 65.7 Å². The number of hydrogen-bond donors (Lipinski definition) is 1. The number of para-hydroxylation sites is 1. The van der Waals surface area contributed by atoms with Gasteiger partial charge in [-0.15, -0.1) is 5.06 Å². The first-order chi connectivity index (χ1) is 14.5. The Kier molecular flexibility index (Phi) is 12.6. The van der Waals surface area contributed by atoms with E-state index in [1.165, 1.54) is 30.0 Å². The van der Waals surface area contributed by atoms with Gasteiger partial charge < -0.3 is 14.7 Å². The summed E-state index contributed by atoms with van der Waals surface area (Å²) in [6, 6.07) is 15.4. The minimum atomic E-state index is -0.531. The summed E-state index contributed by atoms with van der Waals surface area (Å²) in [5, 5.41) is 10.9. The second-order valence-electron chi connectivity index (χ2n) is 6.57. The van der Waals surface area contributed by atoms with E-state index in [4.69, 9.17) is 9.57 Å². The number of carbonyl (C=O) groups is 2. The number of ether oxygens (including phenoxy) is 1. The summed E-state index contributed by atoms with van der Waals surface area (Å²) >= 11 is 0. The number of benzene rings is 2. The number of phenols is 1. The van der Waals surface area contributed by atoms with Gasteiger partial charge in [-0.05, 0) is 44.5 Å². The third-order valence-electron chi connectivity index (χ3n) is 4.28. The van der Waals surface area contributed by atoms with Crippen LogP contribution in [-0.4, -0.2) is 41.8 Å². The number of esters is 1. The number of carbonyl (C=O) groups excluding carboxylic acids is 2. The van der Waals surface area contributed by atoms with Gasteiger partial charge in [0.25, 0.3) is 0 Å². The highest BCUT2D eigenvalue weighted by Crippen LogP contribution is 2.16. The van der Waals surface area contributed by atoms with E-state index in [0.717, 1.165) is 12.8 Å². The molecule has 0 amide bonds. The summed E-state index contributed by atoms with van der Waals surface area (Å²) < 4.78 is 5.14. The lowest BCUT2D eigenvalue weighted by molar-refractivity contribution is -0.103. The van der Waals surface area contributed by atoms with Gasteiger partial charge >= 0.3 is 11.9 Å². The van der Waals surface area contributed by atoms with E-state index >= 15 is 0 Å². The highest BCUT2D eigenvalue weighted by atomic mass is 16.7. The summed E-state index contributed by atoms with van der Waals surface area (Å²) in [7, 11) is 0. The maximum Gasteiger partial charge on any atom is 0.360 e. The summed E-state index contributed by atoms with van der Waals surface area (Å²) in [4.78, 5) is 28.1. The zero-order valence-corrected chi connectivity index (χ0v) is 18.2. The third-order valence-corrected chi connectivity index (χ3v) is 4.28. The molecular formula is C24H33NO5. The molecule has 30 heavy (non-hydrogen) atoms. The van der Waals surface area contributed by atoms with Gasteiger partial charge in [0, 0.05) is 13.1 Å². The molecule has 0 aliphatic carbocycles. The van der Waals surface area contributed by atoms with E-state index in [1.54, 1.807) is 24.3 Å². The number of nitrogens with zero attached hydrogens (tertiary/aromatic N) is 1. The van der Waals surface area contributed by atoms with Crippen LogP contribution < -0.4 is 0 Å². The molecule has 0 saturated heterocycles. The molecular weight excluding hydrogens is 382 g/mol. The van der Waals surface area contributed by atoms with Crippen LogP contribution in [0, 0.1) is 0 Å². The second kappa shape index (κ2) is 15.0. The molecule has 0 saturated carbocycles. The fourth-order valence-corrected chi connectivity index (χ4v) is 2.52. The molecule has 0 aliphatic heterocycles. The lowest BCUT2D eigenvalue weighted by Crippen LogP contribution is -2.26. The predicted molar refractivity (Wildman–Crippen MR) is 117 cm³/mol. The van der Waals surface area contributed by atoms with E-state index < -0.39 is 5.97 Å². The van der Waals surface area contributed by atoms with E-state index in [-0.39, 0.29) is 17.3 Å². The Balaban J connectivity index is 0.000000300. The molecule has 1 N–H and O–H groups in total. The van der Waals surface area contributed by atoms with Crippen LogP contribution in [0.15, 0.2) is 54.6 Å². The van der Waals surface area contributed by atoms with Crippen molar-refractivity contribution in [2.45, 2.75) is 46.5 Å². The smallest absolute Gasteiger partial charge is 0.360 e. The van der Waals surface area contributed by atoms with E-state index in [0.29, 0.717) is 25.3 Å².